The van der Waals surface area contributed by atoms with E-state index >= 15 is 0 Å². The molecular weight excluding hydrogens is 296 g/mol. The second-order valence-corrected chi connectivity index (χ2v) is 5.97. The Morgan fingerprint density at radius 1 is 1.50 bits per heavy atom. The minimum atomic E-state index is -0.466. The number of carbonyl (C=O) groups excluding carboxylic acids is 1. The van der Waals surface area contributed by atoms with Gasteiger partial charge in [-0.05, 0) is 55.3 Å². The third kappa shape index (κ3) is 5.49. The van der Waals surface area contributed by atoms with Crippen LogP contribution in [0.2, 0.25) is 0 Å². The highest BCUT2D eigenvalue weighted by molar-refractivity contribution is 9.10. The number of carbonyl (C=O) groups is 1. The molecule has 0 unspecified atom stereocenters. The van der Waals surface area contributed by atoms with E-state index in [0.717, 1.165) is 15.7 Å². The first-order valence-electron chi connectivity index (χ1n) is 5.86. The van der Waals surface area contributed by atoms with Crippen molar-refractivity contribution in [2.24, 2.45) is 0 Å². The lowest BCUT2D eigenvalue weighted by atomic mass is 10.2. The molecule has 100 valence electrons. The van der Waals surface area contributed by atoms with Crippen molar-refractivity contribution < 1.29 is 9.53 Å². The topological polar surface area (TPSA) is 51.2 Å². The van der Waals surface area contributed by atoms with E-state index in [1.165, 1.54) is 0 Å². The Balaban J connectivity index is 2.40. The summed E-state index contributed by atoms with van der Waals surface area (Å²) in [7, 11) is 0. The van der Waals surface area contributed by atoms with Gasteiger partial charge < -0.3 is 10.1 Å². The van der Waals surface area contributed by atoms with Crippen LogP contribution in [0.25, 0.3) is 0 Å². The van der Waals surface area contributed by atoms with Crippen LogP contribution in [0.15, 0.2) is 16.7 Å². The SMILES string of the molecule is Cc1cnc(CCNC(=O)OC(C)(C)C)c(Br)c1. The summed E-state index contributed by atoms with van der Waals surface area (Å²) in [6.45, 7) is 8.00. The monoisotopic (exact) mass is 314 g/mol. The van der Waals surface area contributed by atoms with Gasteiger partial charge in [-0.25, -0.2) is 4.79 Å². The Morgan fingerprint density at radius 3 is 2.72 bits per heavy atom. The van der Waals surface area contributed by atoms with E-state index in [9.17, 15) is 4.79 Å². The molecule has 0 spiro atoms. The van der Waals surface area contributed by atoms with Crippen LogP contribution in [0.3, 0.4) is 0 Å². The van der Waals surface area contributed by atoms with E-state index in [-0.39, 0.29) is 0 Å². The summed E-state index contributed by atoms with van der Waals surface area (Å²) in [5.41, 5.74) is 1.56. The molecule has 1 aromatic heterocycles. The second-order valence-electron chi connectivity index (χ2n) is 5.12. The number of hydrogen-bond donors (Lipinski definition) is 1. The third-order valence-corrected chi connectivity index (χ3v) is 2.77. The van der Waals surface area contributed by atoms with Gasteiger partial charge in [0.25, 0.3) is 0 Å². The molecule has 0 aliphatic heterocycles. The fraction of sp³-hybridized carbons (Fsp3) is 0.538. The molecule has 1 aromatic rings. The van der Waals surface area contributed by atoms with Crippen molar-refractivity contribution in [3.8, 4) is 0 Å². The lowest BCUT2D eigenvalue weighted by Gasteiger charge is -2.19. The number of hydrogen-bond acceptors (Lipinski definition) is 3. The van der Waals surface area contributed by atoms with Crippen LogP contribution in [0.5, 0.6) is 0 Å². The van der Waals surface area contributed by atoms with Crippen LogP contribution >= 0.6 is 15.9 Å². The van der Waals surface area contributed by atoms with Crippen molar-refractivity contribution in [3.05, 3.63) is 28.0 Å². The van der Waals surface area contributed by atoms with Crippen LogP contribution in [0.1, 0.15) is 32.0 Å². The third-order valence-electron chi connectivity index (χ3n) is 2.08. The van der Waals surface area contributed by atoms with E-state index in [4.69, 9.17) is 4.74 Å². The Morgan fingerprint density at radius 2 is 2.17 bits per heavy atom. The largest absolute Gasteiger partial charge is 0.444 e. The first-order chi connectivity index (χ1) is 8.28. The number of ether oxygens (including phenoxy) is 1. The highest BCUT2D eigenvalue weighted by Crippen LogP contribution is 2.15. The average Bonchev–Trinajstić information content (AvgIpc) is 2.18. The predicted molar refractivity (Wildman–Crippen MR) is 74.6 cm³/mol. The zero-order chi connectivity index (χ0) is 13.8. The van der Waals surface area contributed by atoms with E-state index in [2.05, 4.69) is 26.2 Å². The number of aromatic nitrogens is 1. The number of alkyl carbamates (subject to hydrolysis) is 1. The summed E-state index contributed by atoms with van der Waals surface area (Å²) in [6, 6.07) is 2.01. The van der Waals surface area contributed by atoms with E-state index in [1.54, 1.807) is 0 Å². The molecule has 0 saturated carbocycles. The van der Waals surface area contributed by atoms with Crippen molar-refractivity contribution >= 4 is 22.0 Å². The maximum Gasteiger partial charge on any atom is 0.407 e. The molecule has 0 atom stereocenters. The molecule has 4 nitrogen and oxygen atoms in total. The minimum Gasteiger partial charge on any atom is -0.444 e. The van der Waals surface area contributed by atoms with Crippen molar-refractivity contribution in [2.45, 2.75) is 39.7 Å². The van der Waals surface area contributed by atoms with Crippen molar-refractivity contribution in [1.29, 1.82) is 0 Å². The fourth-order valence-corrected chi connectivity index (χ4v) is 2.00. The van der Waals surface area contributed by atoms with E-state index < -0.39 is 11.7 Å². The molecule has 1 heterocycles. The highest BCUT2D eigenvalue weighted by atomic mass is 79.9. The highest BCUT2D eigenvalue weighted by Gasteiger charge is 2.15. The number of nitrogens with zero attached hydrogens (tertiary/aromatic N) is 1. The van der Waals surface area contributed by atoms with Crippen LogP contribution in [0, 0.1) is 6.92 Å². The summed E-state index contributed by atoms with van der Waals surface area (Å²) in [4.78, 5) is 15.7. The van der Waals surface area contributed by atoms with Gasteiger partial charge in [-0.3, -0.25) is 4.98 Å². The normalized spacial score (nSPS) is 11.2. The van der Waals surface area contributed by atoms with Crippen LogP contribution in [0.4, 0.5) is 4.79 Å². The van der Waals surface area contributed by atoms with E-state index in [0.29, 0.717) is 13.0 Å². The van der Waals surface area contributed by atoms with Gasteiger partial charge in [0.1, 0.15) is 5.60 Å². The smallest absolute Gasteiger partial charge is 0.407 e. The van der Waals surface area contributed by atoms with Gasteiger partial charge >= 0.3 is 6.09 Å². The number of aryl methyl sites for hydroxylation is 1. The molecule has 0 radical (unpaired) electrons. The van der Waals surface area contributed by atoms with Gasteiger partial charge in [-0.2, -0.15) is 0 Å². The molecular formula is C13H19BrN2O2. The maximum absolute atomic E-state index is 11.4. The van der Waals surface area contributed by atoms with Gasteiger partial charge in [0, 0.05) is 23.6 Å². The first-order valence-corrected chi connectivity index (χ1v) is 6.65. The molecule has 0 aliphatic rings. The minimum absolute atomic E-state index is 0.397. The van der Waals surface area contributed by atoms with Gasteiger partial charge in [-0.1, -0.05) is 0 Å². The second kappa shape index (κ2) is 6.18. The number of nitrogens with one attached hydrogen (secondary N) is 1. The van der Waals surface area contributed by atoms with Crippen LogP contribution < -0.4 is 5.32 Å². The van der Waals surface area contributed by atoms with Gasteiger partial charge in [-0.15, -0.1) is 0 Å². The number of rotatable bonds is 3. The average molecular weight is 315 g/mol. The molecule has 5 heteroatoms. The summed E-state index contributed by atoms with van der Waals surface area (Å²) >= 11 is 3.46. The zero-order valence-electron chi connectivity index (χ0n) is 11.2. The molecule has 1 N–H and O–H groups in total. The van der Waals surface area contributed by atoms with Gasteiger partial charge in [0.2, 0.25) is 0 Å². The summed E-state index contributed by atoms with van der Waals surface area (Å²) < 4.78 is 6.11. The Bertz CT molecular complexity index is 427. The molecule has 0 bridgehead atoms. The first kappa shape index (κ1) is 15.0. The number of halogens is 1. The van der Waals surface area contributed by atoms with E-state index in [1.807, 2.05) is 40.0 Å². The Kier molecular flexibility index (Phi) is 5.14. The van der Waals surface area contributed by atoms with Crippen molar-refractivity contribution in [1.82, 2.24) is 10.3 Å². The predicted octanol–water partition coefficient (Wildman–Crippen LogP) is 3.22. The molecule has 0 saturated heterocycles. The summed E-state index contributed by atoms with van der Waals surface area (Å²) in [5, 5.41) is 2.71. The molecule has 0 fully saturated rings. The van der Waals surface area contributed by atoms with Crippen LogP contribution in [-0.2, 0) is 11.2 Å². The zero-order valence-corrected chi connectivity index (χ0v) is 12.8. The number of pyridine rings is 1. The Labute approximate surface area is 116 Å². The quantitative estimate of drug-likeness (QED) is 0.932. The fourth-order valence-electron chi connectivity index (χ4n) is 1.34. The van der Waals surface area contributed by atoms with Gasteiger partial charge in [0.05, 0.1) is 5.69 Å². The molecule has 0 aromatic carbocycles. The lowest BCUT2D eigenvalue weighted by molar-refractivity contribution is 0.0528. The summed E-state index contributed by atoms with van der Waals surface area (Å²) in [5.74, 6) is 0. The number of amides is 1. The summed E-state index contributed by atoms with van der Waals surface area (Å²) in [6.07, 6.45) is 2.08. The maximum atomic E-state index is 11.4. The van der Waals surface area contributed by atoms with Crippen LogP contribution in [-0.4, -0.2) is 23.2 Å². The standard InChI is InChI=1S/C13H19BrN2O2/c1-9-7-10(14)11(16-8-9)5-6-15-12(17)18-13(2,3)4/h7-8H,5-6H2,1-4H3,(H,15,17). The molecule has 0 aliphatic carbocycles. The molecule has 18 heavy (non-hydrogen) atoms. The van der Waals surface area contributed by atoms with Gasteiger partial charge in [0.15, 0.2) is 0 Å². The lowest BCUT2D eigenvalue weighted by Crippen LogP contribution is -2.33. The Hall–Kier alpha value is -1.10. The van der Waals surface area contributed by atoms with Crippen molar-refractivity contribution in [3.63, 3.8) is 0 Å². The molecule has 1 rings (SSSR count). The molecule has 1 amide bonds. The van der Waals surface area contributed by atoms with Crippen molar-refractivity contribution in [2.75, 3.05) is 6.54 Å².